The normalized spacial score (nSPS) is 31.3. The quantitative estimate of drug-likeness (QED) is 0.774. The Bertz CT molecular complexity index is 239. The van der Waals surface area contributed by atoms with Crippen LogP contribution in [0.3, 0.4) is 0 Å². The minimum absolute atomic E-state index is 0.554. The predicted octanol–water partition coefficient (Wildman–Crippen LogP) is 0.494. The number of likely N-dealkylation sites (N-methyl/N-ethyl adjacent to an activating group) is 1. The van der Waals surface area contributed by atoms with Crippen molar-refractivity contribution in [1.29, 1.82) is 0 Å². The number of rotatable bonds is 5. The van der Waals surface area contributed by atoms with Gasteiger partial charge in [-0.3, -0.25) is 0 Å². The predicted molar refractivity (Wildman–Crippen MR) is 74.9 cm³/mol. The summed E-state index contributed by atoms with van der Waals surface area (Å²) in [5, 5.41) is 3.38. The van der Waals surface area contributed by atoms with Gasteiger partial charge < -0.3 is 19.9 Å². The van der Waals surface area contributed by atoms with Gasteiger partial charge in [-0.15, -0.1) is 0 Å². The minimum Gasteiger partial charge on any atom is -0.379 e. The number of piperazine rings is 1. The van der Waals surface area contributed by atoms with Crippen LogP contribution in [0, 0.1) is 11.8 Å². The van der Waals surface area contributed by atoms with E-state index in [-0.39, 0.29) is 0 Å². The Morgan fingerprint density at radius 2 is 1.78 bits per heavy atom. The molecule has 0 aromatic carbocycles. The summed E-state index contributed by atoms with van der Waals surface area (Å²) >= 11 is 0. The van der Waals surface area contributed by atoms with E-state index in [1.165, 1.54) is 39.3 Å². The van der Waals surface area contributed by atoms with Crippen molar-refractivity contribution in [3.8, 4) is 0 Å². The van der Waals surface area contributed by atoms with Crippen LogP contribution < -0.4 is 5.32 Å². The minimum atomic E-state index is 0.554. The number of hydrogen-bond donors (Lipinski definition) is 1. The van der Waals surface area contributed by atoms with E-state index in [4.69, 9.17) is 4.74 Å². The van der Waals surface area contributed by atoms with Gasteiger partial charge in [0, 0.05) is 51.2 Å². The molecular formula is C14H29N3O. The third-order valence-electron chi connectivity index (χ3n) is 4.15. The molecule has 18 heavy (non-hydrogen) atoms. The summed E-state index contributed by atoms with van der Waals surface area (Å²) in [6.07, 6.45) is 0. The maximum absolute atomic E-state index is 5.58. The summed E-state index contributed by atoms with van der Waals surface area (Å²) < 4.78 is 5.58. The highest BCUT2D eigenvalue weighted by Crippen LogP contribution is 2.16. The highest BCUT2D eigenvalue weighted by Gasteiger charge is 2.29. The van der Waals surface area contributed by atoms with Crippen molar-refractivity contribution < 1.29 is 4.74 Å². The summed E-state index contributed by atoms with van der Waals surface area (Å²) in [6, 6.07) is 0.554. The van der Waals surface area contributed by atoms with Gasteiger partial charge in [0.15, 0.2) is 0 Å². The van der Waals surface area contributed by atoms with Crippen molar-refractivity contribution in [2.75, 3.05) is 59.5 Å². The summed E-state index contributed by atoms with van der Waals surface area (Å²) in [6.45, 7) is 13.8. The summed E-state index contributed by atoms with van der Waals surface area (Å²) in [4.78, 5) is 5.21. The van der Waals surface area contributed by atoms with E-state index in [9.17, 15) is 0 Å². The molecule has 0 spiro atoms. The van der Waals surface area contributed by atoms with Gasteiger partial charge in [-0.25, -0.2) is 0 Å². The van der Waals surface area contributed by atoms with E-state index in [1.807, 2.05) is 7.05 Å². The molecule has 4 nitrogen and oxygen atoms in total. The van der Waals surface area contributed by atoms with Crippen LogP contribution in [0.15, 0.2) is 0 Å². The first-order valence-electron chi connectivity index (χ1n) is 7.38. The van der Waals surface area contributed by atoms with Gasteiger partial charge in [-0.05, 0) is 13.0 Å². The van der Waals surface area contributed by atoms with Gasteiger partial charge >= 0.3 is 0 Å². The van der Waals surface area contributed by atoms with Gasteiger partial charge in [0.05, 0.1) is 13.2 Å². The first kappa shape index (κ1) is 14.3. The molecule has 2 heterocycles. The average Bonchev–Trinajstić information content (AvgIpc) is 2.78. The van der Waals surface area contributed by atoms with E-state index in [1.54, 1.807) is 0 Å². The molecular weight excluding hydrogens is 226 g/mol. The van der Waals surface area contributed by atoms with Gasteiger partial charge in [0.25, 0.3) is 0 Å². The lowest BCUT2D eigenvalue weighted by molar-refractivity contribution is 0.102. The smallest absolute Gasteiger partial charge is 0.0623 e. The Kier molecular flexibility index (Phi) is 5.42. The van der Waals surface area contributed by atoms with Crippen LogP contribution in [-0.4, -0.2) is 75.4 Å². The van der Waals surface area contributed by atoms with Crippen LogP contribution in [0.1, 0.15) is 13.8 Å². The van der Waals surface area contributed by atoms with Gasteiger partial charge in [0.2, 0.25) is 0 Å². The van der Waals surface area contributed by atoms with Crippen LogP contribution in [-0.2, 0) is 4.74 Å². The van der Waals surface area contributed by atoms with Gasteiger partial charge in [-0.2, -0.15) is 0 Å². The molecule has 0 saturated carbocycles. The molecule has 0 bridgehead atoms. The zero-order valence-electron chi connectivity index (χ0n) is 12.2. The Morgan fingerprint density at radius 1 is 1.11 bits per heavy atom. The Balaban J connectivity index is 1.70. The molecule has 0 aromatic heterocycles. The molecule has 0 aliphatic carbocycles. The second kappa shape index (κ2) is 6.85. The number of hydrogen-bond acceptors (Lipinski definition) is 4. The van der Waals surface area contributed by atoms with Crippen molar-refractivity contribution in [3.63, 3.8) is 0 Å². The molecule has 106 valence electrons. The van der Waals surface area contributed by atoms with Crippen LogP contribution in [0.25, 0.3) is 0 Å². The first-order chi connectivity index (χ1) is 8.69. The molecule has 1 N–H and O–H groups in total. The van der Waals surface area contributed by atoms with Crippen molar-refractivity contribution in [2.45, 2.75) is 19.9 Å². The Hall–Kier alpha value is -0.160. The zero-order chi connectivity index (χ0) is 13.0. The monoisotopic (exact) mass is 255 g/mol. The zero-order valence-corrected chi connectivity index (χ0v) is 12.2. The van der Waals surface area contributed by atoms with Crippen molar-refractivity contribution in [1.82, 2.24) is 15.1 Å². The lowest BCUT2D eigenvalue weighted by Crippen LogP contribution is -2.50. The van der Waals surface area contributed by atoms with Crippen molar-refractivity contribution >= 4 is 0 Å². The fourth-order valence-electron chi connectivity index (χ4n) is 3.10. The molecule has 2 fully saturated rings. The van der Waals surface area contributed by atoms with Crippen molar-refractivity contribution in [2.24, 2.45) is 11.8 Å². The molecule has 0 aromatic rings. The molecule has 2 saturated heterocycles. The molecule has 2 unspecified atom stereocenters. The largest absolute Gasteiger partial charge is 0.379 e. The Labute approximate surface area is 112 Å². The average molecular weight is 255 g/mol. The topological polar surface area (TPSA) is 27.7 Å². The highest BCUT2D eigenvalue weighted by molar-refractivity contribution is 4.84. The third-order valence-corrected chi connectivity index (χ3v) is 4.15. The number of nitrogens with one attached hydrogen (secondary N) is 1. The van der Waals surface area contributed by atoms with Crippen LogP contribution in [0.4, 0.5) is 0 Å². The Morgan fingerprint density at radius 3 is 2.39 bits per heavy atom. The van der Waals surface area contributed by atoms with E-state index in [0.717, 1.165) is 19.1 Å². The molecule has 2 aliphatic rings. The van der Waals surface area contributed by atoms with Crippen LogP contribution >= 0.6 is 0 Å². The van der Waals surface area contributed by atoms with Gasteiger partial charge in [0.1, 0.15) is 0 Å². The summed E-state index contributed by atoms with van der Waals surface area (Å²) in [7, 11) is 2.05. The van der Waals surface area contributed by atoms with Crippen LogP contribution in [0.5, 0.6) is 0 Å². The maximum atomic E-state index is 5.58. The standard InChI is InChI=1S/C14H29N3O/c1-12(2)8-16-4-6-17(7-5-16)9-13-10-18-11-14(13)15-3/h12-15H,4-11H2,1-3H3. The highest BCUT2D eigenvalue weighted by atomic mass is 16.5. The fraction of sp³-hybridized carbons (Fsp3) is 1.00. The second-order valence-electron chi connectivity index (χ2n) is 6.19. The summed E-state index contributed by atoms with van der Waals surface area (Å²) in [5.41, 5.74) is 0. The molecule has 0 amide bonds. The van der Waals surface area contributed by atoms with Crippen molar-refractivity contribution in [3.05, 3.63) is 0 Å². The van der Waals surface area contributed by atoms with Gasteiger partial charge in [-0.1, -0.05) is 13.8 Å². The number of nitrogens with zero attached hydrogens (tertiary/aromatic N) is 2. The molecule has 4 heteroatoms. The maximum Gasteiger partial charge on any atom is 0.0623 e. The van der Waals surface area contributed by atoms with E-state index < -0.39 is 0 Å². The lowest BCUT2D eigenvalue weighted by atomic mass is 10.0. The number of ether oxygens (including phenoxy) is 1. The lowest BCUT2D eigenvalue weighted by Gasteiger charge is -2.37. The van der Waals surface area contributed by atoms with E-state index in [0.29, 0.717) is 12.0 Å². The molecule has 2 atom stereocenters. The summed E-state index contributed by atoms with van der Waals surface area (Å²) in [5.74, 6) is 1.46. The fourth-order valence-corrected chi connectivity index (χ4v) is 3.10. The van der Waals surface area contributed by atoms with E-state index in [2.05, 4.69) is 29.0 Å². The molecule has 2 aliphatic heterocycles. The van der Waals surface area contributed by atoms with E-state index >= 15 is 0 Å². The second-order valence-corrected chi connectivity index (χ2v) is 6.19. The first-order valence-corrected chi connectivity index (χ1v) is 7.38. The van der Waals surface area contributed by atoms with Crippen LogP contribution in [0.2, 0.25) is 0 Å². The third kappa shape index (κ3) is 3.92. The molecule has 0 radical (unpaired) electrons. The molecule has 2 rings (SSSR count). The SMILES string of the molecule is CNC1COCC1CN1CCN(CC(C)C)CC1.